The molecule has 44 heavy (non-hydrogen) atoms. The van der Waals surface area contributed by atoms with Gasteiger partial charge in [-0.3, -0.25) is 4.57 Å². The lowest BCUT2D eigenvalue weighted by molar-refractivity contribution is -0.0470. The molecular formula is C32H56N4O4SSi3. The van der Waals surface area contributed by atoms with Crippen molar-refractivity contribution in [2.45, 2.75) is 141 Å². The molecule has 246 valence electrons. The fourth-order valence-corrected chi connectivity index (χ4v) is 8.85. The van der Waals surface area contributed by atoms with Gasteiger partial charge in [-0.15, -0.1) is 11.3 Å². The average Bonchev–Trinajstić information content (AvgIpc) is 3.60. The van der Waals surface area contributed by atoms with Crippen molar-refractivity contribution in [3.05, 3.63) is 30.2 Å². The van der Waals surface area contributed by atoms with Crippen LogP contribution in [0.4, 0.5) is 0 Å². The van der Waals surface area contributed by atoms with Crippen LogP contribution in [0.5, 0.6) is 0 Å². The summed E-state index contributed by atoms with van der Waals surface area (Å²) in [6, 6.07) is 4.10. The molecule has 4 atom stereocenters. The molecule has 0 bridgehead atoms. The van der Waals surface area contributed by atoms with Crippen LogP contribution in [-0.4, -0.2) is 69.4 Å². The Kier molecular flexibility index (Phi) is 9.77. The molecule has 4 rings (SSSR count). The van der Waals surface area contributed by atoms with E-state index in [1.807, 2.05) is 17.0 Å². The fourth-order valence-electron chi connectivity index (χ4n) is 4.51. The molecule has 1 aliphatic heterocycles. The van der Waals surface area contributed by atoms with Gasteiger partial charge in [0.15, 0.2) is 36.8 Å². The van der Waals surface area contributed by atoms with Gasteiger partial charge in [0.25, 0.3) is 0 Å². The Morgan fingerprint density at radius 2 is 1.36 bits per heavy atom. The van der Waals surface area contributed by atoms with Gasteiger partial charge in [0.1, 0.15) is 35.8 Å². The quantitative estimate of drug-likeness (QED) is 0.209. The maximum absolute atomic E-state index is 7.33. The molecule has 12 heteroatoms. The molecule has 3 aromatic heterocycles. The smallest absolute Gasteiger partial charge is 0.192 e. The molecule has 3 aromatic rings. The van der Waals surface area contributed by atoms with E-state index in [1.54, 1.807) is 17.7 Å². The Morgan fingerprint density at radius 1 is 0.795 bits per heavy atom. The SMILES string of the molecule is CC(C)(C)[Si](C)(C)OC[C@H]1O[C@@H](n2cnc3c(-c4cccs4)ncnc32)[C@H](O[Si](C)(C)C(C)(C)C)[C@@H]1O[Si](C)(C)C(C)(C)C. The zero-order valence-electron chi connectivity index (χ0n) is 29.7. The van der Waals surface area contributed by atoms with Gasteiger partial charge in [0.2, 0.25) is 0 Å². The van der Waals surface area contributed by atoms with Crippen LogP contribution in [0.2, 0.25) is 54.4 Å². The van der Waals surface area contributed by atoms with E-state index in [0.717, 1.165) is 21.7 Å². The Hall–Kier alpha value is -1.26. The minimum atomic E-state index is -2.27. The number of fused-ring (bicyclic) bond motifs is 1. The van der Waals surface area contributed by atoms with E-state index in [9.17, 15) is 0 Å². The fraction of sp³-hybridized carbons (Fsp3) is 0.719. The molecule has 0 aliphatic carbocycles. The molecule has 1 fully saturated rings. The number of nitrogens with zero attached hydrogens (tertiary/aromatic N) is 4. The molecule has 0 aromatic carbocycles. The summed E-state index contributed by atoms with van der Waals surface area (Å²) in [5, 5.41) is 2.15. The number of hydrogen-bond donors (Lipinski definition) is 0. The molecule has 0 N–H and O–H groups in total. The molecule has 1 aliphatic rings. The van der Waals surface area contributed by atoms with Crippen molar-refractivity contribution >= 4 is 47.5 Å². The molecule has 0 spiro atoms. The van der Waals surface area contributed by atoms with Gasteiger partial charge in [0, 0.05) is 0 Å². The summed E-state index contributed by atoms with van der Waals surface area (Å²) in [5.74, 6) is 0. The Balaban J connectivity index is 1.85. The number of ether oxygens (including phenoxy) is 1. The maximum Gasteiger partial charge on any atom is 0.192 e. The second-order valence-corrected chi connectivity index (χ2v) is 32.1. The number of hydrogen-bond acceptors (Lipinski definition) is 8. The predicted molar refractivity (Wildman–Crippen MR) is 190 cm³/mol. The Bertz CT molecular complexity index is 1420. The summed E-state index contributed by atoms with van der Waals surface area (Å²) in [6.07, 6.45) is 1.99. The van der Waals surface area contributed by atoms with E-state index >= 15 is 0 Å². The van der Waals surface area contributed by atoms with Gasteiger partial charge in [-0.25, -0.2) is 15.0 Å². The number of thiophene rings is 1. The number of rotatable bonds is 9. The molecule has 0 amide bonds. The van der Waals surface area contributed by atoms with Crippen molar-refractivity contribution in [2.75, 3.05) is 6.61 Å². The lowest BCUT2D eigenvalue weighted by Gasteiger charge is -2.44. The Labute approximate surface area is 272 Å². The first-order chi connectivity index (χ1) is 20.0. The summed E-state index contributed by atoms with van der Waals surface area (Å²) in [6.45, 7) is 34.7. The van der Waals surface area contributed by atoms with Gasteiger partial charge < -0.3 is 18.0 Å². The van der Waals surface area contributed by atoms with Gasteiger partial charge in [-0.2, -0.15) is 0 Å². The van der Waals surface area contributed by atoms with Crippen LogP contribution in [0.1, 0.15) is 68.5 Å². The van der Waals surface area contributed by atoms with Crippen LogP contribution in [0.3, 0.4) is 0 Å². The highest BCUT2D eigenvalue weighted by molar-refractivity contribution is 7.13. The van der Waals surface area contributed by atoms with Crippen LogP contribution in [0, 0.1) is 0 Å². The van der Waals surface area contributed by atoms with Gasteiger partial charge in [-0.05, 0) is 65.8 Å². The third-order valence-corrected chi connectivity index (χ3v) is 24.9. The van der Waals surface area contributed by atoms with E-state index in [2.05, 4.69) is 118 Å². The minimum absolute atomic E-state index is 0.000314. The van der Waals surface area contributed by atoms with Gasteiger partial charge in [-0.1, -0.05) is 68.4 Å². The lowest BCUT2D eigenvalue weighted by Crippen LogP contribution is -2.54. The van der Waals surface area contributed by atoms with Crippen LogP contribution >= 0.6 is 11.3 Å². The topological polar surface area (TPSA) is 80.5 Å². The van der Waals surface area contributed by atoms with Crippen LogP contribution < -0.4 is 0 Å². The first kappa shape index (κ1) is 35.6. The standard InChI is InChI=1S/C32H56N4O4SSi3/c1-30(2,3)42(10,11)37-19-22-26(39-43(12,13)31(4,5)6)27(40-44(14,15)32(7,8)9)29(38-22)36-21-35-25-24(23-17-16-18-41-23)33-20-34-28(25)36/h16-18,20-22,26-27,29H,19H2,1-15H3/t22-,26-,27-,29-/m1/s1. The van der Waals surface area contributed by atoms with Crippen LogP contribution in [0.15, 0.2) is 30.2 Å². The van der Waals surface area contributed by atoms with E-state index in [1.165, 1.54) is 0 Å². The monoisotopic (exact) mass is 676 g/mol. The highest BCUT2D eigenvalue weighted by Crippen LogP contribution is 2.47. The summed E-state index contributed by atoms with van der Waals surface area (Å²) in [4.78, 5) is 15.2. The van der Waals surface area contributed by atoms with Crippen molar-refractivity contribution in [1.82, 2.24) is 19.5 Å². The molecule has 1 saturated heterocycles. The minimum Gasteiger partial charge on any atom is -0.414 e. The molecule has 8 nitrogen and oxygen atoms in total. The summed E-state index contributed by atoms with van der Waals surface area (Å²) < 4.78 is 30.6. The van der Waals surface area contributed by atoms with Crippen molar-refractivity contribution < 1.29 is 18.0 Å². The van der Waals surface area contributed by atoms with E-state index in [-0.39, 0.29) is 33.4 Å². The number of aromatic nitrogens is 4. The highest BCUT2D eigenvalue weighted by atomic mass is 32.1. The largest absolute Gasteiger partial charge is 0.414 e. The highest BCUT2D eigenvalue weighted by Gasteiger charge is 2.55. The van der Waals surface area contributed by atoms with Crippen LogP contribution in [0.25, 0.3) is 21.7 Å². The average molecular weight is 677 g/mol. The predicted octanol–water partition coefficient (Wildman–Crippen LogP) is 9.25. The molecule has 0 unspecified atom stereocenters. The second-order valence-electron chi connectivity index (χ2n) is 16.8. The third-order valence-electron chi connectivity index (χ3n) is 10.6. The van der Waals surface area contributed by atoms with Gasteiger partial charge in [0.05, 0.1) is 17.8 Å². The zero-order valence-corrected chi connectivity index (χ0v) is 33.5. The van der Waals surface area contributed by atoms with Gasteiger partial charge >= 0.3 is 0 Å². The number of imidazole rings is 1. The second kappa shape index (κ2) is 12.1. The van der Waals surface area contributed by atoms with Crippen molar-refractivity contribution in [1.29, 1.82) is 0 Å². The van der Waals surface area contributed by atoms with E-state index in [4.69, 9.17) is 28.0 Å². The Morgan fingerprint density at radius 3 is 1.89 bits per heavy atom. The van der Waals surface area contributed by atoms with Crippen molar-refractivity contribution in [2.24, 2.45) is 0 Å². The summed E-state index contributed by atoms with van der Waals surface area (Å²) in [7, 11) is -6.57. The molecule has 4 heterocycles. The van der Waals surface area contributed by atoms with E-state index < -0.39 is 31.2 Å². The summed E-state index contributed by atoms with van der Waals surface area (Å²) in [5.41, 5.74) is 2.32. The molecule has 0 saturated carbocycles. The van der Waals surface area contributed by atoms with Crippen molar-refractivity contribution in [3.63, 3.8) is 0 Å². The molecular weight excluding hydrogens is 621 g/mol. The first-order valence-electron chi connectivity index (χ1n) is 15.8. The summed E-state index contributed by atoms with van der Waals surface area (Å²) >= 11 is 1.65. The lowest BCUT2D eigenvalue weighted by atomic mass is 10.1. The first-order valence-corrected chi connectivity index (χ1v) is 25.4. The van der Waals surface area contributed by atoms with E-state index in [0.29, 0.717) is 6.61 Å². The zero-order chi connectivity index (χ0) is 33.1. The van der Waals surface area contributed by atoms with Crippen LogP contribution in [-0.2, 0) is 18.0 Å². The normalized spacial score (nSPS) is 22.7. The van der Waals surface area contributed by atoms with Crippen molar-refractivity contribution in [3.8, 4) is 10.6 Å². The third kappa shape index (κ3) is 7.02. The maximum atomic E-state index is 7.33. The molecule has 0 radical (unpaired) electrons.